The summed E-state index contributed by atoms with van der Waals surface area (Å²) in [4.78, 5) is 0. The Kier molecular flexibility index (Phi) is 1.46. The molecule has 53 valence electrons. The van der Waals surface area contributed by atoms with Crippen LogP contribution in [0.4, 0.5) is 0 Å². The molecule has 0 N–H and O–H groups in total. The summed E-state index contributed by atoms with van der Waals surface area (Å²) < 4.78 is 1.98. The van der Waals surface area contributed by atoms with E-state index in [1.165, 1.54) is 19.3 Å². The van der Waals surface area contributed by atoms with Crippen molar-refractivity contribution in [3.8, 4) is 0 Å². The molecule has 0 unspecified atom stereocenters. The Morgan fingerprint density at radius 2 is 2.50 bits per heavy atom. The third kappa shape index (κ3) is 1.06. The molecule has 10 heavy (non-hydrogen) atoms. The molecule has 2 nitrogen and oxygen atoms in total. The van der Waals surface area contributed by atoms with Crippen molar-refractivity contribution in [1.29, 1.82) is 0 Å². The SMILES string of the molecule is [c]1ccn(CC2CCC2)n1. The molecule has 0 aliphatic heterocycles. The molecule has 2 heteroatoms. The molecule has 1 fully saturated rings. The fourth-order valence-corrected chi connectivity index (χ4v) is 1.30. The summed E-state index contributed by atoms with van der Waals surface area (Å²) in [6.45, 7) is 1.10. The monoisotopic (exact) mass is 135 g/mol. The summed E-state index contributed by atoms with van der Waals surface area (Å²) in [6.07, 6.45) is 8.97. The van der Waals surface area contributed by atoms with E-state index in [0.29, 0.717) is 0 Å². The van der Waals surface area contributed by atoms with Gasteiger partial charge in [-0.1, -0.05) is 6.42 Å². The first-order valence-electron chi connectivity index (χ1n) is 3.84. The van der Waals surface area contributed by atoms with Crippen LogP contribution in [-0.4, -0.2) is 9.78 Å². The van der Waals surface area contributed by atoms with Gasteiger partial charge in [0.1, 0.15) is 6.20 Å². The maximum Gasteiger partial charge on any atom is 0.113 e. The molecule has 0 aromatic carbocycles. The van der Waals surface area contributed by atoms with Gasteiger partial charge in [-0.2, -0.15) is 5.10 Å². The summed E-state index contributed by atoms with van der Waals surface area (Å²) in [5, 5.41) is 4.03. The lowest BCUT2D eigenvalue weighted by atomic mass is 9.85. The van der Waals surface area contributed by atoms with Crippen LogP contribution in [0.1, 0.15) is 19.3 Å². The number of hydrogen-bond acceptors (Lipinski definition) is 1. The van der Waals surface area contributed by atoms with Crippen molar-refractivity contribution in [1.82, 2.24) is 9.78 Å². The van der Waals surface area contributed by atoms with E-state index >= 15 is 0 Å². The number of aromatic nitrogens is 2. The second-order valence-electron chi connectivity index (χ2n) is 2.96. The molecule has 0 saturated heterocycles. The Morgan fingerprint density at radius 3 is 3.00 bits per heavy atom. The van der Waals surface area contributed by atoms with Crippen LogP contribution >= 0.6 is 0 Å². The van der Waals surface area contributed by atoms with Gasteiger partial charge in [0, 0.05) is 12.7 Å². The van der Waals surface area contributed by atoms with E-state index in [0.717, 1.165) is 12.5 Å². The normalized spacial score (nSPS) is 18.8. The Balaban J connectivity index is 1.90. The van der Waals surface area contributed by atoms with Gasteiger partial charge in [-0.25, -0.2) is 0 Å². The van der Waals surface area contributed by atoms with E-state index in [2.05, 4.69) is 11.3 Å². The highest BCUT2D eigenvalue weighted by molar-refractivity contribution is 4.78. The molecule has 2 rings (SSSR count). The molecular weight excluding hydrogens is 124 g/mol. The third-order valence-corrected chi connectivity index (χ3v) is 2.18. The van der Waals surface area contributed by atoms with Gasteiger partial charge in [-0.05, 0) is 24.8 Å². The number of nitrogens with zero attached hydrogens (tertiary/aromatic N) is 2. The average Bonchev–Trinajstić information content (AvgIpc) is 2.29. The molecule has 1 aliphatic carbocycles. The standard InChI is InChI=1S/C8H11N2/c1-3-8(4-1)7-10-6-2-5-9-10/h2,6,8H,1,3-4,7H2. The van der Waals surface area contributed by atoms with E-state index in [-0.39, 0.29) is 0 Å². The minimum Gasteiger partial charge on any atom is -0.272 e. The van der Waals surface area contributed by atoms with Crippen LogP contribution in [0.5, 0.6) is 0 Å². The second kappa shape index (κ2) is 2.45. The van der Waals surface area contributed by atoms with Gasteiger partial charge < -0.3 is 0 Å². The van der Waals surface area contributed by atoms with Crippen LogP contribution in [0.25, 0.3) is 0 Å². The highest BCUT2D eigenvalue weighted by atomic mass is 15.3. The third-order valence-electron chi connectivity index (χ3n) is 2.18. The van der Waals surface area contributed by atoms with Gasteiger partial charge in [0.15, 0.2) is 0 Å². The van der Waals surface area contributed by atoms with Gasteiger partial charge in [0.2, 0.25) is 0 Å². The molecule has 0 atom stereocenters. The van der Waals surface area contributed by atoms with Crippen molar-refractivity contribution in [3.63, 3.8) is 0 Å². The van der Waals surface area contributed by atoms with Crippen molar-refractivity contribution in [2.45, 2.75) is 25.8 Å². The maximum atomic E-state index is 4.03. The van der Waals surface area contributed by atoms with Crippen LogP contribution in [-0.2, 0) is 6.54 Å². The number of hydrogen-bond donors (Lipinski definition) is 0. The smallest absolute Gasteiger partial charge is 0.113 e. The summed E-state index contributed by atoms with van der Waals surface area (Å²) in [6, 6.07) is 1.86. The zero-order chi connectivity index (χ0) is 6.81. The Hall–Kier alpha value is -0.790. The lowest BCUT2D eigenvalue weighted by molar-refractivity contribution is 0.266. The van der Waals surface area contributed by atoms with Crippen LogP contribution < -0.4 is 0 Å². The Labute approximate surface area is 60.9 Å². The molecular formula is C8H11N2. The van der Waals surface area contributed by atoms with Crippen molar-refractivity contribution in [2.24, 2.45) is 5.92 Å². The molecule has 1 heterocycles. The second-order valence-corrected chi connectivity index (χ2v) is 2.96. The summed E-state index contributed by atoms with van der Waals surface area (Å²) in [5.41, 5.74) is 0. The van der Waals surface area contributed by atoms with E-state index in [1.807, 2.05) is 16.9 Å². The molecule has 0 bridgehead atoms. The Morgan fingerprint density at radius 1 is 1.60 bits per heavy atom. The highest BCUT2D eigenvalue weighted by Crippen LogP contribution is 2.27. The van der Waals surface area contributed by atoms with Crippen LogP contribution in [0.3, 0.4) is 0 Å². The van der Waals surface area contributed by atoms with E-state index in [4.69, 9.17) is 0 Å². The summed E-state index contributed by atoms with van der Waals surface area (Å²) >= 11 is 0. The maximum absolute atomic E-state index is 4.03. The first kappa shape index (κ1) is 5.96. The van der Waals surface area contributed by atoms with E-state index in [9.17, 15) is 0 Å². The quantitative estimate of drug-likeness (QED) is 0.600. The van der Waals surface area contributed by atoms with Gasteiger partial charge in [0.25, 0.3) is 0 Å². The highest BCUT2D eigenvalue weighted by Gasteiger charge is 2.17. The van der Waals surface area contributed by atoms with Crippen LogP contribution in [0, 0.1) is 12.1 Å². The fourth-order valence-electron chi connectivity index (χ4n) is 1.30. The first-order chi connectivity index (χ1) is 4.95. The van der Waals surface area contributed by atoms with E-state index < -0.39 is 0 Å². The summed E-state index contributed by atoms with van der Waals surface area (Å²) in [7, 11) is 0. The summed E-state index contributed by atoms with van der Waals surface area (Å²) in [5.74, 6) is 0.897. The van der Waals surface area contributed by atoms with Crippen molar-refractivity contribution in [2.75, 3.05) is 0 Å². The lowest BCUT2D eigenvalue weighted by Crippen LogP contribution is -2.18. The molecule has 0 amide bonds. The van der Waals surface area contributed by atoms with Crippen molar-refractivity contribution >= 4 is 0 Å². The Bertz CT molecular complexity index is 187. The van der Waals surface area contributed by atoms with Crippen molar-refractivity contribution < 1.29 is 0 Å². The minimum atomic E-state index is 0.897. The lowest BCUT2D eigenvalue weighted by Gasteiger charge is -2.24. The predicted octanol–water partition coefficient (Wildman–Crippen LogP) is 1.48. The number of rotatable bonds is 2. The molecule has 1 aromatic heterocycles. The zero-order valence-electron chi connectivity index (χ0n) is 5.95. The zero-order valence-corrected chi connectivity index (χ0v) is 5.95. The fraction of sp³-hybridized carbons (Fsp3) is 0.625. The van der Waals surface area contributed by atoms with Gasteiger partial charge in [0.05, 0.1) is 0 Å². The van der Waals surface area contributed by atoms with Gasteiger partial charge >= 0.3 is 0 Å². The molecule has 1 aliphatic rings. The first-order valence-corrected chi connectivity index (χ1v) is 3.84. The predicted molar refractivity (Wildman–Crippen MR) is 38.4 cm³/mol. The van der Waals surface area contributed by atoms with Crippen LogP contribution in [0.2, 0.25) is 0 Å². The molecule has 1 radical (unpaired) electrons. The van der Waals surface area contributed by atoms with Gasteiger partial charge in [-0.3, -0.25) is 4.68 Å². The topological polar surface area (TPSA) is 17.8 Å². The molecule has 0 spiro atoms. The molecule has 1 aromatic rings. The molecule has 1 saturated carbocycles. The average molecular weight is 135 g/mol. The minimum absolute atomic E-state index is 0.897. The van der Waals surface area contributed by atoms with Gasteiger partial charge in [-0.15, -0.1) is 0 Å². The largest absolute Gasteiger partial charge is 0.272 e. The van der Waals surface area contributed by atoms with Crippen LogP contribution in [0.15, 0.2) is 12.3 Å². The van der Waals surface area contributed by atoms with Crippen molar-refractivity contribution in [3.05, 3.63) is 18.5 Å². The van der Waals surface area contributed by atoms with E-state index in [1.54, 1.807) is 0 Å².